The molecule has 232 valence electrons. The van der Waals surface area contributed by atoms with Crippen molar-refractivity contribution in [3.63, 3.8) is 0 Å². The number of halogens is 3. The number of fused-ring (bicyclic) bond motifs is 2. The van der Waals surface area contributed by atoms with Crippen LogP contribution in [0.4, 0.5) is 8.78 Å². The summed E-state index contributed by atoms with van der Waals surface area (Å²) in [4.78, 5) is 35.5. The smallest absolute Gasteiger partial charge is 0.339 e. The average molecular weight is 740 g/mol. The topological polar surface area (TPSA) is 91.3 Å². The summed E-state index contributed by atoms with van der Waals surface area (Å²) in [6, 6.07) is 25.1. The molecule has 6 aromatic rings. The summed E-state index contributed by atoms with van der Waals surface area (Å²) in [5, 5.41) is 0.832. The lowest BCUT2D eigenvalue weighted by molar-refractivity contribution is 0.0591. The van der Waals surface area contributed by atoms with Crippen molar-refractivity contribution in [1.82, 2.24) is 15.0 Å². The second kappa shape index (κ2) is 16.5. The maximum atomic E-state index is 13.5. The van der Waals surface area contributed by atoms with Crippen molar-refractivity contribution in [1.29, 1.82) is 0 Å². The highest BCUT2D eigenvalue weighted by Crippen LogP contribution is 2.16. The Kier molecular flexibility index (Phi) is 12.0. The molecule has 0 spiro atoms. The van der Waals surface area contributed by atoms with Crippen molar-refractivity contribution in [2.24, 2.45) is 0 Å². The van der Waals surface area contributed by atoms with E-state index >= 15 is 0 Å². The Balaban J connectivity index is 0.000000180. The Morgan fingerprint density at radius 1 is 0.723 bits per heavy atom. The first-order valence-electron chi connectivity index (χ1n) is 13.7. The SMILES string of the molecule is C#Cc1ccc2ncc(C(=O)OC)cc2c1.COC(=O)c1cnc2ccc(C#Cc3ccccc3F)nc2c1.Fc1ccccc1I. The summed E-state index contributed by atoms with van der Waals surface area (Å²) in [5.74, 6) is 6.68. The van der Waals surface area contributed by atoms with E-state index in [9.17, 15) is 18.4 Å². The van der Waals surface area contributed by atoms with Crippen LogP contribution in [0.25, 0.3) is 21.9 Å². The van der Waals surface area contributed by atoms with Crippen LogP contribution >= 0.6 is 22.6 Å². The molecule has 0 bridgehead atoms. The van der Waals surface area contributed by atoms with Crippen LogP contribution in [0.2, 0.25) is 0 Å². The molecule has 0 unspecified atom stereocenters. The molecule has 0 radical (unpaired) electrons. The predicted molar refractivity (Wildman–Crippen MR) is 183 cm³/mol. The van der Waals surface area contributed by atoms with E-state index in [4.69, 9.17) is 6.42 Å². The third-order valence-corrected chi connectivity index (χ3v) is 7.13. The van der Waals surface area contributed by atoms with E-state index in [1.54, 1.807) is 54.6 Å². The summed E-state index contributed by atoms with van der Waals surface area (Å²) in [7, 11) is 2.64. The van der Waals surface area contributed by atoms with Gasteiger partial charge in [0.25, 0.3) is 0 Å². The molecule has 47 heavy (non-hydrogen) atoms. The zero-order valence-corrected chi connectivity index (χ0v) is 27.2. The molecule has 7 nitrogen and oxygen atoms in total. The van der Waals surface area contributed by atoms with Crippen LogP contribution in [-0.4, -0.2) is 41.1 Å². The Bertz CT molecular complexity index is 2170. The number of hydrogen-bond acceptors (Lipinski definition) is 7. The second-order valence-corrected chi connectivity index (χ2v) is 10.5. The van der Waals surface area contributed by atoms with E-state index in [0.29, 0.717) is 37.0 Å². The van der Waals surface area contributed by atoms with Gasteiger partial charge in [-0.25, -0.2) is 23.4 Å². The van der Waals surface area contributed by atoms with Crippen molar-refractivity contribution < 1.29 is 27.8 Å². The number of benzene rings is 3. The van der Waals surface area contributed by atoms with Crippen LogP contribution in [0.15, 0.2) is 103 Å². The van der Waals surface area contributed by atoms with Crippen molar-refractivity contribution in [3.8, 4) is 24.2 Å². The second-order valence-electron chi connectivity index (χ2n) is 9.36. The maximum Gasteiger partial charge on any atom is 0.339 e. The first-order valence-corrected chi connectivity index (χ1v) is 14.8. The molecule has 10 heteroatoms. The van der Waals surface area contributed by atoms with Gasteiger partial charge in [0.15, 0.2) is 0 Å². The fourth-order valence-electron chi connectivity index (χ4n) is 3.89. The number of rotatable bonds is 2. The van der Waals surface area contributed by atoms with E-state index in [1.165, 1.54) is 38.7 Å². The van der Waals surface area contributed by atoms with Gasteiger partial charge in [0.2, 0.25) is 0 Å². The Morgan fingerprint density at radius 2 is 1.34 bits per heavy atom. The van der Waals surface area contributed by atoms with E-state index in [0.717, 1.165) is 16.5 Å². The maximum absolute atomic E-state index is 13.5. The number of carbonyl (C=O) groups is 2. The molecule has 3 aromatic heterocycles. The van der Waals surface area contributed by atoms with Crippen molar-refractivity contribution >= 4 is 56.5 Å². The molecule has 0 aliphatic carbocycles. The van der Waals surface area contributed by atoms with Gasteiger partial charge in [0.1, 0.15) is 17.3 Å². The number of pyridine rings is 3. The van der Waals surface area contributed by atoms with Gasteiger partial charge in [-0.1, -0.05) is 36.1 Å². The molecule has 0 amide bonds. The summed E-state index contributed by atoms with van der Waals surface area (Å²) >= 11 is 1.95. The molecule has 6 rings (SSSR count). The highest BCUT2D eigenvalue weighted by Gasteiger charge is 2.08. The minimum atomic E-state index is -0.482. The molecule has 0 aliphatic rings. The van der Waals surface area contributed by atoms with E-state index < -0.39 is 11.9 Å². The first-order chi connectivity index (χ1) is 22.7. The van der Waals surface area contributed by atoms with Gasteiger partial charge < -0.3 is 9.47 Å². The number of aromatic nitrogens is 3. The Morgan fingerprint density at radius 3 is 1.96 bits per heavy atom. The van der Waals surface area contributed by atoms with Crippen LogP contribution in [-0.2, 0) is 9.47 Å². The Hall–Kier alpha value is -5.72. The summed E-state index contributed by atoms with van der Waals surface area (Å²) in [6.45, 7) is 0. The number of methoxy groups -OCH3 is 2. The lowest BCUT2D eigenvalue weighted by Crippen LogP contribution is -2.02. The number of nitrogens with zero attached hydrogens (tertiary/aromatic N) is 3. The van der Waals surface area contributed by atoms with Crippen LogP contribution in [0.5, 0.6) is 0 Å². The lowest BCUT2D eigenvalue weighted by Gasteiger charge is -2.01. The molecular formula is C37H24F2IN3O4. The standard InChI is InChI=1S/C18H11FN2O2.C13H9NO2.C6H4FI/c1-23-18(22)13-10-17-16(20-11-13)9-8-14(21-17)7-6-12-4-2-3-5-15(12)19;1-3-9-4-5-12-10(6-9)7-11(8-14-12)13(15)16-2;7-5-3-1-2-4-6(5)8/h2-5,8-11H,1H3;1,4-8H,2H3;1-4H. The predicted octanol–water partition coefficient (Wildman–Crippen LogP) is 7.39. The zero-order chi connectivity index (χ0) is 33.8. The van der Waals surface area contributed by atoms with Crippen LogP contribution in [0, 0.1) is 39.4 Å². The molecule has 0 saturated heterocycles. The lowest BCUT2D eigenvalue weighted by atomic mass is 10.1. The number of hydrogen-bond donors (Lipinski definition) is 0. The van der Waals surface area contributed by atoms with Gasteiger partial charge in [-0.15, -0.1) is 6.42 Å². The highest BCUT2D eigenvalue weighted by atomic mass is 127. The molecule has 0 atom stereocenters. The van der Waals surface area contributed by atoms with E-state index in [1.807, 2.05) is 46.9 Å². The largest absolute Gasteiger partial charge is 0.465 e. The first kappa shape index (κ1) is 34.2. The Labute approximate surface area is 283 Å². The minimum Gasteiger partial charge on any atom is -0.465 e. The molecule has 0 saturated carbocycles. The van der Waals surface area contributed by atoms with Gasteiger partial charge in [-0.05, 0) is 95.2 Å². The van der Waals surface area contributed by atoms with Crippen LogP contribution < -0.4 is 0 Å². The van der Waals surface area contributed by atoms with Gasteiger partial charge in [0, 0.05) is 26.9 Å². The van der Waals surface area contributed by atoms with Gasteiger partial charge in [0.05, 0.1) is 47.5 Å². The average Bonchev–Trinajstić information content (AvgIpc) is 3.11. The van der Waals surface area contributed by atoms with Crippen LogP contribution in [0.3, 0.4) is 0 Å². The fourth-order valence-corrected chi connectivity index (χ4v) is 4.28. The number of esters is 2. The normalized spacial score (nSPS) is 9.79. The molecular weight excluding hydrogens is 715 g/mol. The van der Waals surface area contributed by atoms with E-state index in [-0.39, 0.29) is 11.6 Å². The minimum absolute atomic E-state index is 0.145. The third-order valence-electron chi connectivity index (χ3n) is 6.25. The molecule has 0 N–H and O–H groups in total. The summed E-state index contributed by atoms with van der Waals surface area (Å²) in [5.41, 5.74) is 4.21. The highest BCUT2D eigenvalue weighted by molar-refractivity contribution is 14.1. The van der Waals surface area contributed by atoms with Crippen molar-refractivity contribution in [2.45, 2.75) is 0 Å². The molecule has 0 aliphatic heterocycles. The third kappa shape index (κ3) is 9.39. The van der Waals surface area contributed by atoms with E-state index in [2.05, 4.69) is 42.2 Å². The van der Waals surface area contributed by atoms with Crippen molar-refractivity contribution in [3.05, 3.63) is 147 Å². The zero-order valence-electron chi connectivity index (χ0n) is 25.0. The van der Waals surface area contributed by atoms with Crippen LogP contribution in [0.1, 0.15) is 37.5 Å². The number of ether oxygens (including phenoxy) is 2. The van der Waals surface area contributed by atoms with Gasteiger partial charge in [-0.3, -0.25) is 9.97 Å². The van der Waals surface area contributed by atoms with Crippen molar-refractivity contribution in [2.75, 3.05) is 14.2 Å². The summed E-state index contributed by atoms with van der Waals surface area (Å²) < 4.78 is 35.8. The number of carbonyl (C=O) groups excluding carboxylic acids is 2. The monoisotopic (exact) mass is 739 g/mol. The molecule has 3 heterocycles. The van der Waals surface area contributed by atoms with Gasteiger partial charge in [-0.2, -0.15) is 0 Å². The summed E-state index contributed by atoms with van der Waals surface area (Å²) in [6.07, 6.45) is 8.22. The fraction of sp³-hybridized carbons (Fsp3) is 0.0541. The van der Waals surface area contributed by atoms with Gasteiger partial charge >= 0.3 is 11.9 Å². The quantitative estimate of drug-likeness (QED) is 0.104. The number of terminal acetylenes is 1. The molecule has 3 aromatic carbocycles. The molecule has 0 fully saturated rings.